The molecule has 0 aliphatic carbocycles. The highest BCUT2D eigenvalue weighted by Gasteiger charge is 2.15. The van der Waals surface area contributed by atoms with Crippen LogP contribution in [0.4, 0.5) is 11.6 Å². The lowest BCUT2D eigenvalue weighted by Crippen LogP contribution is -2.26. The molecule has 20 heavy (non-hydrogen) atoms. The molecule has 0 aliphatic rings. The molecule has 0 spiro atoms. The van der Waals surface area contributed by atoms with Crippen LogP contribution in [0.5, 0.6) is 0 Å². The van der Waals surface area contributed by atoms with Gasteiger partial charge < -0.3 is 15.0 Å². The molecule has 1 rings (SSSR count). The van der Waals surface area contributed by atoms with Gasteiger partial charge in [0.2, 0.25) is 0 Å². The molecule has 0 amide bonds. The number of anilines is 2. The Bertz CT molecular complexity index is 432. The topological polar surface area (TPSA) is 50.3 Å². The van der Waals surface area contributed by atoms with Crippen molar-refractivity contribution in [2.45, 2.75) is 46.6 Å². The lowest BCUT2D eigenvalue weighted by Gasteiger charge is -2.23. The van der Waals surface area contributed by atoms with E-state index in [1.165, 1.54) is 0 Å². The lowest BCUT2D eigenvalue weighted by atomic mass is 10.2. The van der Waals surface area contributed by atoms with Crippen molar-refractivity contribution in [3.05, 3.63) is 11.4 Å². The molecule has 0 aromatic carbocycles. The molecule has 0 fully saturated rings. The van der Waals surface area contributed by atoms with E-state index in [1.54, 1.807) is 0 Å². The monoisotopic (exact) mass is 280 g/mol. The lowest BCUT2D eigenvalue weighted by molar-refractivity contribution is 0.0845. The van der Waals surface area contributed by atoms with Crippen LogP contribution in [-0.2, 0) is 4.74 Å². The molecule has 0 saturated heterocycles. The van der Waals surface area contributed by atoms with Gasteiger partial charge in [-0.25, -0.2) is 9.97 Å². The normalized spacial score (nSPS) is 11.2. The molecule has 0 radical (unpaired) electrons. The van der Waals surface area contributed by atoms with Crippen molar-refractivity contribution in [2.75, 3.05) is 37.5 Å². The van der Waals surface area contributed by atoms with E-state index in [1.807, 2.05) is 34.9 Å². The molecule has 1 aromatic rings. The fraction of sp³-hybridized carbons (Fsp3) is 0.733. The number of ether oxygens (including phenoxy) is 1. The molecule has 1 N–H and O–H groups in total. The summed E-state index contributed by atoms with van der Waals surface area (Å²) >= 11 is 0. The van der Waals surface area contributed by atoms with Gasteiger partial charge in [0, 0.05) is 32.1 Å². The van der Waals surface area contributed by atoms with Crippen LogP contribution in [0.3, 0.4) is 0 Å². The van der Waals surface area contributed by atoms with Gasteiger partial charge in [0.05, 0.1) is 12.7 Å². The maximum atomic E-state index is 5.61. The van der Waals surface area contributed by atoms with E-state index in [9.17, 15) is 0 Å². The third-order valence-corrected chi connectivity index (χ3v) is 3.13. The fourth-order valence-corrected chi connectivity index (χ4v) is 1.93. The first kappa shape index (κ1) is 16.7. The Morgan fingerprint density at radius 3 is 2.35 bits per heavy atom. The smallest absolute Gasteiger partial charge is 0.137 e. The van der Waals surface area contributed by atoms with E-state index in [2.05, 4.69) is 29.0 Å². The molecule has 0 atom stereocenters. The summed E-state index contributed by atoms with van der Waals surface area (Å²) in [6.07, 6.45) is 0.258. The van der Waals surface area contributed by atoms with E-state index in [-0.39, 0.29) is 6.10 Å². The third-order valence-electron chi connectivity index (χ3n) is 3.13. The van der Waals surface area contributed by atoms with Gasteiger partial charge in [-0.1, -0.05) is 13.8 Å². The molecule has 0 unspecified atom stereocenters. The van der Waals surface area contributed by atoms with Crippen molar-refractivity contribution in [1.29, 1.82) is 0 Å². The Balaban J connectivity index is 2.94. The molecule has 1 heterocycles. The first-order valence-electron chi connectivity index (χ1n) is 7.25. The summed E-state index contributed by atoms with van der Waals surface area (Å²) in [6, 6.07) is 0. The molecular weight excluding hydrogens is 252 g/mol. The maximum absolute atomic E-state index is 5.61. The maximum Gasteiger partial charge on any atom is 0.137 e. The average Bonchev–Trinajstić information content (AvgIpc) is 2.38. The average molecular weight is 280 g/mol. The van der Waals surface area contributed by atoms with Gasteiger partial charge in [0.1, 0.15) is 17.5 Å². The van der Waals surface area contributed by atoms with E-state index < -0.39 is 0 Å². The highest BCUT2D eigenvalue weighted by atomic mass is 16.5. The van der Waals surface area contributed by atoms with E-state index in [0.29, 0.717) is 12.5 Å². The summed E-state index contributed by atoms with van der Waals surface area (Å²) in [5, 5.41) is 3.15. The van der Waals surface area contributed by atoms with Crippen LogP contribution in [0.25, 0.3) is 0 Å². The van der Waals surface area contributed by atoms with Gasteiger partial charge in [-0.15, -0.1) is 0 Å². The number of likely N-dealkylation sites (N-methyl/N-ethyl adjacent to an activating group) is 1. The van der Waals surface area contributed by atoms with Crippen LogP contribution >= 0.6 is 0 Å². The SMILES string of the molecule is CNc1nc(C(C)C)nc(N(C)CCOC(C)C)c1C. The minimum absolute atomic E-state index is 0.258. The largest absolute Gasteiger partial charge is 0.377 e. The van der Waals surface area contributed by atoms with Gasteiger partial charge in [-0.05, 0) is 20.8 Å². The quantitative estimate of drug-likeness (QED) is 0.832. The molecular formula is C15H28N4O. The van der Waals surface area contributed by atoms with Crippen molar-refractivity contribution in [1.82, 2.24) is 9.97 Å². The zero-order valence-corrected chi connectivity index (χ0v) is 13.8. The molecule has 114 valence electrons. The second kappa shape index (κ2) is 7.43. The van der Waals surface area contributed by atoms with Crippen LogP contribution in [0.1, 0.15) is 45.0 Å². The Labute approximate surface area is 122 Å². The number of nitrogens with zero attached hydrogens (tertiary/aromatic N) is 3. The summed E-state index contributed by atoms with van der Waals surface area (Å²) in [6.45, 7) is 11.9. The molecule has 5 nitrogen and oxygen atoms in total. The first-order chi connectivity index (χ1) is 9.36. The predicted molar refractivity (Wildman–Crippen MR) is 84.8 cm³/mol. The van der Waals surface area contributed by atoms with Gasteiger partial charge in [-0.2, -0.15) is 0 Å². The van der Waals surface area contributed by atoms with Crippen LogP contribution in [0.2, 0.25) is 0 Å². The van der Waals surface area contributed by atoms with Crippen LogP contribution in [0.15, 0.2) is 0 Å². The van der Waals surface area contributed by atoms with Gasteiger partial charge >= 0.3 is 0 Å². The van der Waals surface area contributed by atoms with Crippen molar-refractivity contribution >= 4 is 11.6 Å². The number of rotatable bonds is 7. The molecule has 5 heteroatoms. The fourth-order valence-electron chi connectivity index (χ4n) is 1.93. The summed E-state index contributed by atoms with van der Waals surface area (Å²) in [7, 11) is 3.94. The zero-order chi connectivity index (χ0) is 15.3. The number of aromatic nitrogens is 2. The van der Waals surface area contributed by atoms with Crippen LogP contribution in [-0.4, -0.2) is 43.3 Å². The van der Waals surface area contributed by atoms with Crippen LogP contribution in [0, 0.1) is 6.92 Å². The Morgan fingerprint density at radius 2 is 1.85 bits per heavy atom. The van der Waals surface area contributed by atoms with E-state index >= 15 is 0 Å². The third kappa shape index (κ3) is 4.34. The van der Waals surface area contributed by atoms with Gasteiger partial charge in [0.25, 0.3) is 0 Å². The summed E-state index contributed by atoms with van der Waals surface area (Å²) in [5.41, 5.74) is 1.07. The summed E-state index contributed by atoms with van der Waals surface area (Å²) in [4.78, 5) is 11.4. The Hall–Kier alpha value is -1.36. The Morgan fingerprint density at radius 1 is 1.20 bits per heavy atom. The molecule has 0 bridgehead atoms. The molecule has 0 saturated carbocycles. The molecule has 1 aromatic heterocycles. The first-order valence-corrected chi connectivity index (χ1v) is 7.25. The van der Waals surface area contributed by atoms with Gasteiger partial charge in [-0.3, -0.25) is 0 Å². The highest BCUT2D eigenvalue weighted by Crippen LogP contribution is 2.24. The predicted octanol–water partition coefficient (Wildman–Crippen LogP) is 2.81. The minimum atomic E-state index is 0.258. The standard InChI is InChI=1S/C15H28N4O/c1-10(2)13-17-14(16-6)12(5)15(18-13)19(7)8-9-20-11(3)4/h10-11H,8-9H2,1-7H3,(H,16,17,18). The Kier molecular flexibility index (Phi) is 6.20. The van der Waals surface area contributed by atoms with Crippen molar-refractivity contribution in [3.8, 4) is 0 Å². The number of nitrogens with one attached hydrogen (secondary N) is 1. The minimum Gasteiger partial charge on any atom is -0.377 e. The second-order valence-electron chi connectivity index (χ2n) is 5.62. The van der Waals surface area contributed by atoms with Crippen molar-refractivity contribution in [3.63, 3.8) is 0 Å². The second-order valence-corrected chi connectivity index (χ2v) is 5.62. The summed E-state index contributed by atoms with van der Waals surface area (Å²) in [5.74, 6) is 3.05. The number of hydrogen-bond donors (Lipinski definition) is 1. The van der Waals surface area contributed by atoms with Crippen LogP contribution < -0.4 is 10.2 Å². The highest BCUT2D eigenvalue weighted by molar-refractivity contribution is 5.58. The molecule has 0 aliphatic heterocycles. The number of hydrogen-bond acceptors (Lipinski definition) is 5. The van der Waals surface area contributed by atoms with Crippen molar-refractivity contribution in [2.24, 2.45) is 0 Å². The van der Waals surface area contributed by atoms with E-state index in [4.69, 9.17) is 9.72 Å². The van der Waals surface area contributed by atoms with Gasteiger partial charge in [0.15, 0.2) is 0 Å². The summed E-state index contributed by atoms with van der Waals surface area (Å²) < 4.78 is 5.61. The van der Waals surface area contributed by atoms with E-state index in [0.717, 1.165) is 29.6 Å². The zero-order valence-electron chi connectivity index (χ0n) is 13.8. The van der Waals surface area contributed by atoms with Crippen molar-refractivity contribution < 1.29 is 4.74 Å².